The Bertz CT molecular complexity index is 792. The summed E-state index contributed by atoms with van der Waals surface area (Å²) in [5.74, 6) is 0.498. The van der Waals surface area contributed by atoms with Gasteiger partial charge in [0, 0.05) is 6.07 Å². The van der Waals surface area contributed by atoms with Crippen molar-refractivity contribution in [1.29, 1.82) is 0 Å². The van der Waals surface area contributed by atoms with E-state index in [1.165, 1.54) is 0 Å². The van der Waals surface area contributed by atoms with E-state index in [9.17, 15) is 22.8 Å². The normalized spacial score (nSPS) is 16.0. The lowest BCUT2D eigenvalue weighted by Gasteiger charge is -2.20. The topological polar surface area (TPSA) is 66.9 Å². The van der Waals surface area contributed by atoms with Gasteiger partial charge in [0.15, 0.2) is 0 Å². The smallest absolute Gasteiger partial charge is 0.364 e. The standard InChI is InChI=1S/C16H16F3N3O2/c17-16(18,19)9-22-13(23)8-12(21-15(22)24)20-14(11-6-7-11)10-4-2-1-3-5-10/h1-5,8,11,14,20H,6-7,9H2,(H,21,24)/t14-/m1/s1. The molecule has 2 aromatic rings. The van der Waals surface area contributed by atoms with Gasteiger partial charge < -0.3 is 5.32 Å². The Balaban J connectivity index is 1.87. The molecule has 0 spiro atoms. The van der Waals surface area contributed by atoms with Gasteiger partial charge >= 0.3 is 11.9 Å². The van der Waals surface area contributed by atoms with Crippen LogP contribution in [0.25, 0.3) is 0 Å². The van der Waals surface area contributed by atoms with Crippen molar-refractivity contribution in [2.24, 2.45) is 5.92 Å². The highest BCUT2D eigenvalue weighted by molar-refractivity contribution is 5.38. The Morgan fingerprint density at radius 3 is 2.42 bits per heavy atom. The van der Waals surface area contributed by atoms with Gasteiger partial charge in [-0.1, -0.05) is 30.3 Å². The zero-order valence-corrected chi connectivity index (χ0v) is 12.6. The summed E-state index contributed by atoms with van der Waals surface area (Å²) < 4.78 is 37.4. The van der Waals surface area contributed by atoms with Crippen LogP contribution in [0, 0.1) is 5.92 Å². The molecule has 0 radical (unpaired) electrons. The predicted octanol–water partition coefficient (Wildman–Crippen LogP) is 2.66. The zero-order valence-electron chi connectivity index (χ0n) is 12.6. The zero-order chi connectivity index (χ0) is 17.3. The van der Waals surface area contributed by atoms with Crippen LogP contribution in [0.15, 0.2) is 46.0 Å². The predicted molar refractivity (Wildman–Crippen MR) is 82.9 cm³/mol. The Morgan fingerprint density at radius 2 is 1.88 bits per heavy atom. The quantitative estimate of drug-likeness (QED) is 0.880. The van der Waals surface area contributed by atoms with Crippen LogP contribution in [0.4, 0.5) is 19.0 Å². The molecule has 1 aliphatic rings. The summed E-state index contributed by atoms with van der Waals surface area (Å²) in [6.07, 6.45) is -2.60. The molecule has 0 bridgehead atoms. The van der Waals surface area contributed by atoms with Crippen LogP contribution in [0.1, 0.15) is 24.4 Å². The summed E-state index contributed by atoms with van der Waals surface area (Å²) >= 11 is 0. The van der Waals surface area contributed by atoms with Crippen molar-refractivity contribution >= 4 is 5.82 Å². The van der Waals surface area contributed by atoms with Crippen molar-refractivity contribution in [2.45, 2.75) is 31.6 Å². The second-order valence-corrected chi connectivity index (χ2v) is 5.90. The monoisotopic (exact) mass is 339 g/mol. The molecule has 1 atom stereocenters. The lowest BCUT2D eigenvalue weighted by Crippen LogP contribution is -2.39. The van der Waals surface area contributed by atoms with Gasteiger partial charge in [0.05, 0.1) is 6.04 Å². The van der Waals surface area contributed by atoms with E-state index in [-0.39, 0.29) is 16.4 Å². The van der Waals surface area contributed by atoms with Gasteiger partial charge in [-0.25, -0.2) is 4.79 Å². The first kappa shape index (κ1) is 16.4. The number of benzene rings is 1. The van der Waals surface area contributed by atoms with Crippen LogP contribution in [-0.2, 0) is 6.54 Å². The van der Waals surface area contributed by atoms with E-state index in [0.717, 1.165) is 24.5 Å². The van der Waals surface area contributed by atoms with Crippen LogP contribution < -0.4 is 16.6 Å². The fourth-order valence-electron chi connectivity index (χ4n) is 2.66. The van der Waals surface area contributed by atoms with E-state index in [2.05, 4.69) is 10.3 Å². The van der Waals surface area contributed by atoms with Crippen molar-refractivity contribution in [2.75, 3.05) is 5.32 Å². The average Bonchev–Trinajstić information content (AvgIpc) is 3.33. The van der Waals surface area contributed by atoms with E-state index >= 15 is 0 Å². The summed E-state index contributed by atoms with van der Waals surface area (Å²) in [5.41, 5.74) is -1.06. The summed E-state index contributed by atoms with van der Waals surface area (Å²) in [6.45, 7) is -1.60. The van der Waals surface area contributed by atoms with Crippen molar-refractivity contribution in [1.82, 2.24) is 9.55 Å². The molecule has 128 valence electrons. The van der Waals surface area contributed by atoms with Gasteiger partial charge in [0.2, 0.25) is 0 Å². The summed E-state index contributed by atoms with van der Waals surface area (Å²) in [6, 6.07) is 10.4. The molecule has 2 N–H and O–H groups in total. The Morgan fingerprint density at radius 1 is 1.21 bits per heavy atom. The number of nitrogens with one attached hydrogen (secondary N) is 2. The number of aromatic nitrogens is 2. The molecule has 1 aromatic heterocycles. The lowest BCUT2D eigenvalue weighted by molar-refractivity contribution is -0.141. The van der Waals surface area contributed by atoms with Crippen LogP contribution in [0.2, 0.25) is 0 Å². The molecule has 0 aliphatic heterocycles. The second-order valence-electron chi connectivity index (χ2n) is 5.90. The molecule has 0 saturated heterocycles. The van der Waals surface area contributed by atoms with Crippen LogP contribution in [-0.4, -0.2) is 15.7 Å². The maximum Gasteiger partial charge on any atom is 0.406 e. The molecule has 24 heavy (non-hydrogen) atoms. The maximum absolute atomic E-state index is 12.4. The number of aromatic amines is 1. The molecule has 0 unspecified atom stereocenters. The van der Waals surface area contributed by atoms with Gasteiger partial charge in [0.1, 0.15) is 12.4 Å². The third kappa shape index (κ3) is 3.87. The van der Waals surface area contributed by atoms with E-state index in [1.807, 2.05) is 30.3 Å². The minimum absolute atomic E-state index is 0.0975. The maximum atomic E-state index is 12.4. The van der Waals surface area contributed by atoms with Gasteiger partial charge in [-0.05, 0) is 24.3 Å². The summed E-state index contributed by atoms with van der Waals surface area (Å²) in [7, 11) is 0. The molecule has 1 fully saturated rings. The van der Waals surface area contributed by atoms with Crippen molar-refractivity contribution < 1.29 is 13.2 Å². The number of halogens is 3. The highest BCUT2D eigenvalue weighted by Gasteiger charge is 2.33. The summed E-state index contributed by atoms with van der Waals surface area (Å²) in [5, 5.41) is 3.08. The largest absolute Gasteiger partial charge is 0.406 e. The van der Waals surface area contributed by atoms with Gasteiger partial charge in [0.25, 0.3) is 5.56 Å². The molecule has 8 heteroatoms. The second kappa shape index (κ2) is 6.18. The number of rotatable bonds is 5. The number of hydrogen-bond donors (Lipinski definition) is 2. The Labute approximate surface area is 135 Å². The highest BCUT2D eigenvalue weighted by atomic mass is 19.4. The fourth-order valence-corrected chi connectivity index (χ4v) is 2.66. The van der Waals surface area contributed by atoms with Gasteiger partial charge in [-0.2, -0.15) is 13.2 Å². The highest BCUT2D eigenvalue weighted by Crippen LogP contribution is 2.42. The van der Waals surface area contributed by atoms with E-state index in [0.29, 0.717) is 5.92 Å². The lowest BCUT2D eigenvalue weighted by atomic mass is 10.0. The van der Waals surface area contributed by atoms with E-state index < -0.39 is 24.0 Å². The molecule has 3 rings (SSSR count). The first-order valence-electron chi connectivity index (χ1n) is 7.56. The average molecular weight is 339 g/mol. The van der Waals surface area contributed by atoms with Gasteiger partial charge in [-0.15, -0.1) is 0 Å². The van der Waals surface area contributed by atoms with E-state index in [4.69, 9.17) is 0 Å². The van der Waals surface area contributed by atoms with Crippen LogP contribution >= 0.6 is 0 Å². The Hall–Kier alpha value is -2.51. The molecule has 5 nitrogen and oxygen atoms in total. The molecule has 1 saturated carbocycles. The molecule has 1 aliphatic carbocycles. The molecule has 1 aromatic carbocycles. The number of anilines is 1. The molecule has 0 amide bonds. The van der Waals surface area contributed by atoms with Crippen LogP contribution in [0.5, 0.6) is 0 Å². The summed E-state index contributed by atoms with van der Waals surface area (Å²) in [4.78, 5) is 26.0. The number of hydrogen-bond acceptors (Lipinski definition) is 3. The fraction of sp³-hybridized carbons (Fsp3) is 0.375. The first-order chi connectivity index (χ1) is 11.3. The molecular weight excluding hydrogens is 323 g/mol. The van der Waals surface area contributed by atoms with Crippen LogP contribution in [0.3, 0.4) is 0 Å². The minimum atomic E-state index is -4.63. The third-order valence-electron chi connectivity index (χ3n) is 3.92. The number of H-pyrrole nitrogens is 1. The number of alkyl halides is 3. The SMILES string of the molecule is O=c1cc(N[C@H](c2ccccc2)C2CC2)[nH]c(=O)n1CC(F)(F)F. The van der Waals surface area contributed by atoms with E-state index in [1.54, 1.807) is 0 Å². The van der Waals surface area contributed by atoms with Gasteiger partial charge in [-0.3, -0.25) is 14.3 Å². The Kier molecular flexibility index (Phi) is 4.21. The van der Waals surface area contributed by atoms with Crippen molar-refractivity contribution in [3.63, 3.8) is 0 Å². The minimum Gasteiger partial charge on any atom is -0.364 e. The molecular formula is C16H16F3N3O2. The van der Waals surface area contributed by atoms with Crippen molar-refractivity contribution in [3.8, 4) is 0 Å². The first-order valence-corrected chi connectivity index (χ1v) is 7.56. The third-order valence-corrected chi connectivity index (χ3v) is 3.92. The van der Waals surface area contributed by atoms with Crippen molar-refractivity contribution in [3.05, 3.63) is 62.8 Å². The number of nitrogens with zero attached hydrogens (tertiary/aromatic N) is 1. The molecule has 1 heterocycles.